The molecule has 0 unspecified atom stereocenters. The summed E-state index contributed by atoms with van der Waals surface area (Å²) in [5, 5.41) is 10.1. The van der Waals surface area contributed by atoms with Crippen molar-refractivity contribution in [2.24, 2.45) is 5.92 Å². The maximum Gasteiger partial charge on any atom is 0.223 e. The van der Waals surface area contributed by atoms with Gasteiger partial charge in [-0.3, -0.25) is 4.79 Å². The second-order valence-corrected chi connectivity index (χ2v) is 5.75. The Morgan fingerprint density at radius 3 is 2.74 bits per heavy atom. The van der Waals surface area contributed by atoms with Crippen molar-refractivity contribution in [2.75, 3.05) is 18.8 Å². The summed E-state index contributed by atoms with van der Waals surface area (Å²) in [7, 11) is 0. The van der Waals surface area contributed by atoms with Crippen LogP contribution >= 0.6 is 0 Å². The number of nitrogens with two attached hydrogens (primary N) is 1. The zero-order valence-electron chi connectivity index (χ0n) is 11.6. The summed E-state index contributed by atoms with van der Waals surface area (Å²) in [6.07, 6.45) is 1.16. The predicted molar refractivity (Wildman–Crippen MR) is 75.5 cm³/mol. The van der Waals surface area contributed by atoms with Gasteiger partial charge in [0.1, 0.15) is 5.60 Å². The number of amides is 1. The van der Waals surface area contributed by atoms with E-state index in [0.29, 0.717) is 25.9 Å². The highest BCUT2D eigenvalue weighted by molar-refractivity contribution is 5.77. The summed E-state index contributed by atoms with van der Waals surface area (Å²) in [6.45, 7) is 4.88. The zero-order valence-corrected chi connectivity index (χ0v) is 11.6. The smallest absolute Gasteiger partial charge is 0.223 e. The number of aryl methyl sites for hydroxylation is 1. The molecule has 1 saturated heterocycles. The molecule has 0 atom stereocenters. The van der Waals surface area contributed by atoms with Crippen LogP contribution in [-0.2, 0) is 11.2 Å². The van der Waals surface area contributed by atoms with Crippen LogP contribution < -0.4 is 5.73 Å². The average molecular weight is 262 g/mol. The van der Waals surface area contributed by atoms with Crippen molar-refractivity contribution in [3.05, 3.63) is 29.8 Å². The predicted octanol–water partition coefficient (Wildman–Crippen LogP) is 1.43. The second kappa shape index (κ2) is 5.21. The Labute approximate surface area is 114 Å². The van der Waals surface area contributed by atoms with Gasteiger partial charge in [-0.05, 0) is 30.0 Å². The van der Waals surface area contributed by atoms with Crippen molar-refractivity contribution in [3.8, 4) is 0 Å². The summed E-state index contributed by atoms with van der Waals surface area (Å²) in [5.74, 6) is 0.290. The number of carbonyl (C=O) groups is 1. The van der Waals surface area contributed by atoms with Gasteiger partial charge in [0.2, 0.25) is 5.91 Å². The van der Waals surface area contributed by atoms with Gasteiger partial charge in [-0.2, -0.15) is 0 Å². The highest BCUT2D eigenvalue weighted by atomic mass is 16.3. The molecule has 0 spiro atoms. The minimum Gasteiger partial charge on any atom is -0.399 e. The first-order chi connectivity index (χ1) is 8.90. The topological polar surface area (TPSA) is 66.6 Å². The maximum atomic E-state index is 12.0. The highest BCUT2D eigenvalue weighted by Gasteiger charge is 2.45. The number of β-amino-alcohol motifs (C(OH)–C–C–N with tert-alkyl or cyclic N) is 1. The largest absolute Gasteiger partial charge is 0.399 e. The van der Waals surface area contributed by atoms with E-state index in [1.807, 2.05) is 38.1 Å². The second-order valence-electron chi connectivity index (χ2n) is 5.75. The number of nitrogen functional groups attached to an aromatic ring is 1. The molecule has 1 heterocycles. The molecule has 2 rings (SSSR count). The van der Waals surface area contributed by atoms with Gasteiger partial charge < -0.3 is 15.7 Å². The molecule has 0 aromatic heterocycles. The van der Waals surface area contributed by atoms with Crippen LogP contribution in [0, 0.1) is 5.92 Å². The van der Waals surface area contributed by atoms with Crippen LogP contribution in [0.5, 0.6) is 0 Å². The third kappa shape index (κ3) is 3.07. The van der Waals surface area contributed by atoms with E-state index in [9.17, 15) is 9.90 Å². The number of rotatable bonds is 4. The lowest BCUT2D eigenvalue weighted by Gasteiger charge is -2.49. The average Bonchev–Trinajstić information content (AvgIpc) is 2.32. The number of benzene rings is 1. The SMILES string of the molecule is CC(C)C1(O)CN(C(=O)CCc2cccc(N)c2)C1. The van der Waals surface area contributed by atoms with Gasteiger partial charge in [-0.1, -0.05) is 26.0 Å². The lowest BCUT2D eigenvalue weighted by Crippen LogP contribution is -2.65. The lowest BCUT2D eigenvalue weighted by atomic mass is 9.83. The molecule has 3 N–H and O–H groups in total. The Morgan fingerprint density at radius 2 is 2.16 bits per heavy atom. The molecular weight excluding hydrogens is 240 g/mol. The van der Waals surface area contributed by atoms with Crippen molar-refractivity contribution in [1.29, 1.82) is 0 Å². The summed E-state index contributed by atoms with van der Waals surface area (Å²) in [5.41, 5.74) is 6.82. The number of likely N-dealkylation sites (tertiary alicyclic amines) is 1. The van der Waals surface area contributed by atoms with Gasteiger partial charge in [0.05, 0.1) is 13.1 Å². The molecule has 4 nitrogen and oxygen atoms in total. The van der Waals surface area contributed by atoms with Gasteiger partial charge in [0.25, 0.3) is 0 Å². The van der Waals surface area contributed by atoms with E-state index >= 15 is 0 Å². The van der Waals surface area contributed by atoms with E-state index in [-0.39, 0.29) is 11.8 Å². The van der Waals surface area contributed by atoms with Crippen LogP contribution in [-0.4, -0.2) is 34.6 Å². The number of aliphatic hydroxyl groups is 1. The minimum atomic E-state index is -0.688. The van der Waals surface area contributed by atoms with Crippen molar-refractivity contribution in [2.45, 2.75) is 32.3 Å². The summed E-state index contributed by atoms with van der Waals surface area (Å²) in [6, 6.07) is 7.61. The van der Waals surface area contributed by atoms with Crippen LogP contribution in [0.3, 0.4) is 0 Å². The van der Waals surface area contributed by atoms with Crippen molar-refractivity contribution < 1.29 is 9.90 Å². The molecule has 0 bridgehead atoms. The van der Waals surface area contributed by atoms with E-state index in [1.165, 1.54) is 0 Å². The fourth-order valence-corrected chi connectivity index (χ4v) is 2.31. The van der Waals surface area contributed by atoms with Gasteiger partial charge in [0.15, 0.2) is 0 Å². The Balaban J connectivity index is 1.81. The van der Waals surface area contributed by atoms with Gasteiger partial charge in [-0.25, -0.2) is 0 Å². The number of hydrogen-bond donors (Lipinski definition) is 2. The molecule has 4 heteroatoms. The first-order valence-corrected chi connectivity index (χ1v) is 6.75. The molecular formula is C15H22N2O2. The Hall–Kier alpha value is -1.55. The monoisotopic (exact) mass is 262 g/mol. The number of hydrogen-bond acceptors (Lipinski definition) is 3. The third-order valence-corrected chi connectivity index (χ3v) is 3.94. The Morgan fingerprint density at radius 1 is 1.47 bits per heavy atom. The third-order valence-electron chi connectivity index (χ3n) is 3.94. The molecule has 1 aromatic carbocycles. The minimum absolute atomic E-state index is 0.104. The molecule has 1 fully saturated rings. The normalized spacial score (nSPS) is 17.4. The fraction of sp³-hybridized carbons (Fsp3) is 0.533. The summed E-state index contributed by atoms with van der Waals surface area (Å²) >= 11 is 0. The van der Waals surface area contributed by atoms with Crippen LogP contribution in [0.25, 0.3) is 0 Å². The molecule has 1 amide bonds. The van der Waals surface area contributed by atoms with E-state index in [0.717, 1.165) is 11.3 Å². The standard InChI is InChI=1S/C15H22N2O2/c1-11(2)15(19)9-17(10-15)14(18)7-6-12-4-3-5-13(16)8-12/h3-5,8,11,19H,6-7,9-10,16H2,1-2H3. The maximum absolute atomic E-state index is 12.0. The Bertz CT molecular complexity index is 465. The summed E-state index contributed by atoms with van der Waals surface area (Å²) < 4.78 is 0. The molecule has 19 heavy (non-hydrogen) atoms. The van der Waals surface area contributed by atoms with E-state index < -0.39 is 5.60 Å². The van der Waals surface area contributed by atoms with Crippen molar-refractivity contribution in [3.63, 3.8) is 0 Å². The molecule has 0 saturated carbocycles. The zero-order chi connectivity index (χ0) is 14.0. The van der Waals surface area contributed by atoms with Crippen LogP contribution in [0.2, 0.25) is 0 Å². The van der Waals surface area contributed by atoms with Gasteiger partial charge >= 0.3 is 0 Å². The molecule has 0 radical (unpaired) electrons. The van der Waals surface area contributed by atoms with Gasteiger partial charge in [-0.15, -0.1) is 0 Å². The molecule has 1 aliphatic heterocycles. The van der Waals surface area contributed by atoms with Crippen molar-refractivity contribution in [1.82, 2.24) is 4.90 Å². The fourth-order valence-electron chi connectivity index (χ4n) is 2.31. The lowest BCUT2D eigenvalue weighted by molar-refractivity contribution is -0.163. The van der Waals surface area contributed by atoms with Gasteiger partial charge in [0, 0.05) is 12.1 Å². The number of nitrogens with zero attached hydrogens (tertiary/aromatic N) is 1. The quantitative estimate of drug-likeness (QED) is 0.807. The molecule has 0 aliphatic carbocycles. The molecule has 104 valence electrons. The Kier molecular flexibility index (Phi) is 3.80. The first-order valence-electron chi connectivity index (χ1n) is 6.75. The van der Waals surface area contributed by atoms with Crippen molar-refractivity contribution >= 4 is 11.6 Å². The molecule has 1 aromatic rings. The van der Waals surface area contributed by atoms with Crippen LogP contribution in [0.4, 0.5) is 5.69 Å². The first kappa shape index (κ1) is 13.9. The molecule has 1 aliphatic rings. The number of carbonyl (C=O) groups excluding carboxylic acids is 1. The van der Waals surface area contributed by atoms with Crippen LogP contribution in [0.1, 0.15) is 25.8 Å². The highest BCUT2D eigenvalue weighted by Crippen LogP contribution is 2.29. The van der Waals surface area contributed by atoms with E-state index in [4.69, 9.17) is 5.73 Å². The van der Waals surface area contributed by atoms with E-state index in [1.54, 1.807) is 4.90 Å². The van der Waals surface area contributed by atoms with Crippen LogP contribution in [0.15, 0.2) is 24.3 Å². The summed E-state index contributed by atoms with van der Waals surface area (Å²) in [4.78, 5) is 13.7. The van der Waals surface area contributed by atoms with E-state index in [2.05, 4.69) is 0 Å². The number of anilines is 1.